The van der Waals surface area contributed by atoms with Gasteiger partial charge in [0, 0.05) is 47.9 Å². The number of aliphatic hydroxyl groups excluding tert-OH is 1. The van der Waals surface area contributed by atoms with E-state index in [9.17, 15) is 5.11 Å². The molecule has 1 atom stereocenters. The lowest BCUT2D eigenvalue weighted by Crippen LogP contribution is -2.27. The average molecular weight is 413 g/mol. The van der Waals surface area contributed by atoms with Crippen LogP contribution in [-0.2, 0) is 13.0 Å². The Balaban J connectivity index is 1.69. The highest BCUT2D eigenvalue weighted by Gasteiger charge is 2.24. The number of nitrogens with one attached hydrogen (secondary N) is 1. The first-order chi connectivity index (χ1) is 15.0. The van der Waals surface area contributed by atoms with Gasteiger partial charge in [0.25, 0.3) is 0 Å². The summed E-state index contributed by atoms with van der Waals surface area (Å²) < 4.78 is 2.45. The van der Waals surface area contributed by atoms with Crippen LogP contribution in [0, 0.1) is 6.92 Å². The molecule has 3 heterocycles. The molecule has 1 aliphatic heterocycles. The summed E-state index contributed by atoms with van der Waals surface area (Å²) in [6, 6.07) is 19.3. The number of hydrogen-bond donors (Lipinski definition) is 2. The molecule has 2 aromatic heterocycles. The molecule has 0 radical (unpaired) electrons. The number of pyridine rings is 1. The number of likely N-dealkylation sites (N-methyl/N-ethyl adjacent to an activating group) is 1. The van der Waals surface area contributed by atoms with E-state index in [0.29, 0.717) is 5.82 Å². The summed E-state index contributed by atoms with van der Waals surface area (Å²) in [6.45, 7) is 5.89. The van der Waals surface area contributed by atoms with Crippen LogP contribution in [0.4, 0.5) is 5.82 Å². The number of rotatable bonds is 4. The topological polar surface area (TPSA) is 53.3 Å². The minimum absolute atomic E-state index is 0.634. The SMILES string of the molecule is Cc1ccc2c(c1)c1c(n2-c2ccccc2-c2ccc(NC(C)O)nc2)CCN(C)C1. The van der Waals surface area contributed by atoms with Gasteiger partial charge in [0.15, 0.2) is 0 Å². The summed E-state index contributed by atoms with van der Waals surface area (Å²) in [7, 11) is 2.20. The Morgan fingerprint density at radius 2 is 1.94 bits per heavy atom. The van der Waals surface area contributed by atoms with Gasteiger partial charge in [-0.15, -0.1) is 0 Å². The maximum Gasteiger partial charge on any atom is 0.127 e. The largest absolute Gasteiger partial charge is 0.374 e. The molecule has 31 heavy (non-hydrogen) atoms. The van der Waals surface area contributed by atoms with Crippen molar-refractivity contribution in [2.75, 3.05) is 18.9 Å². The number of benzene rings is 2. The second-order valence-corrected chi connectivity index (χ2v) is 8.54. The Morgan fingerprint density at radius 3 is 2.71 bits per heavy atom. The minimum Gasteiger partial charge on any atom is -0.374 e. The van der Waals surface area contributed by atoms with Crippen molar-refractivity contribution in [3.63, 3.8) is 0 Å². The lowest BCUT2D eigenvalue weighted by molar-refractivity contribution is 0.224. The van der Waals surface area contributed by atoms with Gasteiger partial charge in [-0.05, 0) is 56.8 Å². The Kier molecular flexibility index (Phi) is 5.00. The van der Waals surface area contributed by atoms with Gasteiger partial charge in [-0.1, -0.05) is 29.8 Å². The number of aromatic nitrogens is 2. The van der Waals surface area contributed by atoms with E-state index in [1.54, 1.807) is 6.92 Å². The Hall–Kier alpha value is -3.15. The molecular weight excluding hydrogens is 384 g/mol. The van der Waals surface area contributed by atoms with Crippen molar-refractivity contribution in [1.82, 2.24) is 14.5 Å². The van der Waals surface area contributed by atoms with Gasteiger partial charge in [-0.2, -0.15) is 0 Å². The van der Waals surface area contributed by atoms with Crippen LogP contribution < -0.4 is 5.32 Å². The molecular formula is C26H28N4O. The normalized spacial score (nSPS) is 15.1. The smallest absolute Gasteiger partial charge is 0.127 e. The zero-order chi connectivity index (χ0) is 21.5. The molecule has 2 N–H and O–H groups in total. The first-order valence-corrected chi connectivity index (χ1v) is 10.8. The number of hydrogen-bond acceptors (Lipinski definition) is 4. The summed E-state index contributed by atoms with van der Waals surface area (Å²) in [4.78, 5) is 6.90. The van der Waals surface area contributed by atoms with Crippen molar-refractivity contribution in [3.05, 3.63) is 77.6 Å². The summed E-state index contributed by atoms with van der Waals surface area (Å²) in [5, 5.41) is 13.8. The second kappa shape index (κ2) is 7.84. The highest BCUT2D eigenvalue weighted by Crippen LogP contribution is 2.37. The van der Waals surface area contributed by atoms with Crippen LogP contribution in [0.3, 0.4) is 0 Å². The van der Waals surface area contributed by atoms with Crippen molar-refractivity contribution in [2.45, 2.75) is 33.0 Å². The van der Waals surface area contributed by atoms with E-state index < -0.39 is 6.23 Å². The predicted molar refractivity (Wildman–Crippen MR) is 127 cm³/mol. The van der Waals surface area contributed by atoms with Crippen LogP contribution in [0.2, 0.25) is 0 Å². The third-order valence-electron chi connectivity index (χ3n) is 6.07. The van der Waals surface area contributed by atoms with E-state index in [-0.39, 0.29) is 0 Å². The van der Waals surface area contributed by atoms with Gasteiger partial charge in [0.2, 0.25) is 0 Å². The zero-order valence-corrected chi connectivity index (χ0v) is 18.3. The molecule has 0 saturated carbocycles. The molecule has 0 spiro atoms. The molecule has 1 unspecified atom stereocenters. The highest BCUT2D eigenvalue weighted by molar-refractivity contribution is 5.90. The van der Waals surface area contributed by atoms with Gasteiger partial charge < -0.3 is 19.9 Å². The van der Waals surface area contributed by atoms with E-state index >= 15 is 0 Å². The quantitative estimate of drug-likeness (QED) is 0.476. The molecule has 5 heteroatoms. The standard InChI is InChI=1S/C26H28N4O/c1-17-8-10-24-21(14-17)22-16-29(3)13-12-25(22)30(24)23-7-5-4-6-20(23)19-9-11-26(27-15-19)28-18(2)31/h4-11,14-15,18,31H,12-13,16H2,1-3H3,(H,27,28). The van der Waals surface area contributed by atoms with Crippen molar-refractivity contribution in [2.24, 2.45) is 0 Å². The summed E-state index contributed by atoms with van der Waals surface area (Å²) in [5.41, 5.74) is 8.79. The first-order valence-electron chi connectivity index (χ1n) is 10.8. The predicted octanol–water partition coefficient (Wildman–Crippen LogP) is 4.74. The molecule has 0 bridgehead atoms. The maximum absolute atomic E-state index is 9.55. The summed E-state index contributed by atoms with van der Waals surface area (Å²) in [6.07, 6.45) is 2.27. The van der Waals surface area contributed by atoms with Crippen LogP contribution >= 0.6 is 0 Å². The molecule has 4 aromatic rings. The fourth-order valence-corrected chi connectivity index (χ4v) is 4.65. The molecule has 158 valence electrons. The van der Waals surface area contributed by atoms with Crippen LogP contribution in [0.1, 0.15) is 23.7 Å². The van der Waals surface area contributed by atoms with Gasteiger partial charge in [0.05, 0.1) is 11.2 Å². The first kappa shape index (κ1) is 19.8. The lowest BCUT2D eigenvalue weighted by Gasteiger charge is -2.25. The summed E-state index contributed by atoms with van der Waals surface area (Å²) >= 11 is 0. The molecule has 0 amide bonds. The number of aryl methyl sites for hydroxylation is 1. The van der Waals surface area contributed by atoms with Crippen molar-refractivity contribution in [1.29, 1.82) is 0 Å². The third kappa shape index (κ3) is 3.60. The highest BCUT2D eigenvalue weighted by atomic mass is 16.3. The van der Waals surface area contributed by atoms with Gasteiger partial charge >= 0.3 is 0 Å². The van der Waals surface area contributed by atoms with Crippen LogP contribution in [0.15, 0.2) is 60.8 Å². The lowest BCUT2D eigenvalue weighted by atomic mass is 10.0. The Bertz CT molecular complexity index is 1240. The fraction of sp³-hybridized carbons (Fsp3) is 0.269. The molecule has 0 fully saturated rings. The molecule has 5 rings (SSSR count). The van der Waals surface area contributed by atoms with E-state index in [0.717, 1.165) is 30.6 Å². The molecule has 0 saturated heterocycles. The molecule has 0 aliphatic carbocycles. The van der Waals surface area contributed by atoms with E-state index in [1.165, 1.54) is 33.4 Å². The average Bonchev–Trinajstić information content (AvgIpc) is 3.06. The third-order valence-corrected chi connectivity index (χ3v) is 6.07. The second-order valence-electron chi connectivity index (χ2n) is 8.54. The van der Waals surface area contributed by atoms with Crippen molar-refractivity contribution >= 4 is 16.7 Å². The van der Waals surface area contributed by atoms with Crippen molar-refractivity contribution < 1.29 is 5.11 Å². The number of fused-ring (bicyclic) bond motifs is 3. The van der Waals surface area contributed by atoms with Gasteiger partial charge in [-0.25, -0.2) is 4.98 Å². The number of aliphatic hydroxyl groups is 1. The van der Waals surface area contributed by atoms with Crippen LogP contribution in [-0.4, -0.2) is 39.4 Å². The fourth-order valence-electron chi connectivity index (χ4n) is 4.65. The monoisotopic (exact) mass is 412 g/mol. The zero-order valence-electron chi connectivity index (χ0n) is 18.3. The maximum atomic E-state index is 9.55. The number of para-hydroxylation sites is 1. The molecule has 5 nitrogen and oxygen atoms in total. The minimum atomic E-state index is -0.634. The number of anilines is 1. The Morgan fingerprint density at radius 1 is 1.10 bits per heavy atom. The van der Waals surface area contributed by atoms with Crippen LogP contribution in [0.5, 0.6) is 0 Å². The Labute approximate surface area is 183 Å². The van der Waals surface area contributed by atoms with E-state index in [4.69, 9.17) is 0 Å². The van der Waals surface area contributed by atoms with Crippen molar-refractivity contribution in [3.8, 4) is 16.8 Å². The van der Waals surface area contributed by atoms with Gasteiger partial charge in [0.1, 0.15) is 12.0 Å². The molecule has 1 aliphatic rings. The van der Waals surface area contributed by atoms with E-state index in [2.05, 4.69) is 82.3 Å². The van der Waals surface area contributed by atoms with Crippen LogP contribution in [0.25, 0.3) is 27.7 Å². The van der Waals surface area contributed by atoms with Gasteiger partial charge in [-0.3, -0.25) is 0 Å². The molecule has 2 aromatic carbocycles. The van der Waals surface area contributed by atoms with E-state index in [1.807, 2.05) is 12.3 Å². The number of nitrogens with zero attached hydrogens (tertiary/aromatic N) is 3. The summed E-state index contributed by atoms with van der Waals surface area (Å²) in [5.74, 6) is 0.665.